The van der Waals surface area contributed by atoms with Crippen molar-refractivity contribution in [3.63, 3.8) is 0 Å². The molecule has 2 atom stereocenters. The third-order valence-electron chi connectivity index (χ3n) is 4.63. The van der Waals surface area contributed by atoms with Gasteiger partial charge in [-0.3, -0.25) is 4.68 Å². The van der Waals surface area contributed by atoms with Gasteiger partial charge in [-0.1, -0.05) is 21.1 Å². The van der Waals surface area contributed by atoms with Gasteiger partial charge < -0.3 is 4.74 Å². The molecule has 134 valence electrons. The van der Waals surface area contributed by atoms with Crippen LogP contribution in [0.4, 0.5) is 0 Å². The first-order valence-electron chi connectivity index (χ1n) is 8.28. The molecule has 1 saturated carbocycles. The lowest BCUT2D eigenvalue weighted by atomic mass is 10.1. The lowest BCUT2D eigenvalue weighted by Crippen LogP contribution is -2.08. The van der Waals surface area contributed by atoms with E-state index < -0.39 is 0 Å². The summed E-state index contributed by atoms with van der Waals surface area (Å²) in [5, 5.41) is 12.7. The maximum atomic E-state index is 12.3. The number of rotatable bonds is 4. The number of nitrogens with zero attached hydrogens (tertiary/aromatic N) is 5. The third kappa shape index (κ3) is 2.94. The zero-order valence-corrected chi connectivity index (χ0v) is 16.3. The van der Waals surface area contributed by atoms with E-state index in [-0.39, 0.29) is 17.8 Å². The Kier molecular flexibility index (Phi) is 4.14. The van der Waals surface area contributed by atoms with Gasteiger partial charge in [-0.25, -0.2) is 9.48 Å². The van der Waals surface area contributed by atoms with Gasteiger partial charge in [0, 0.05) is 29.6 Å². The van der Waals surface area contributed by atoms with Gasteiger partial charge >= 0.3 is 5.97 Å². The average Bonchev–Trinajstić information content (AvgIpc) is 3.05. The largest absolute Gasteiger partial charge is 0.465 e. The summed E-state index contributed by atoms with van der Waals surface area (Å²) in [5.41, 5.74) is 4.32. The highest BCUT2D eigenvalue weighted by atomic mass is 79.9. The van der Waals surface area contributed by atoms with Crippen LogP contribution in [0.25, 0.3) is 5.69 Å². The maximum Gasteiger partial charge on any atom is 0.341 e. The summed E-state index contributed by atoms with van der Waals surface area (Å²) in [4.78, 5) is 12.3. The maximum absolute atomic E-state index is 12.3. The highest BCUT2D eigenvalue weighted by Crippen LogP contribution is 2.55. The van der Waals surface area contributed by atoms with E-state index in [1.807, 2.05) is 43.0 Å². The SMILES string of the molecule is COC(=O)c1cnn(-c2cc(C)cc(Br)c2)c1C1CC1c1cn(C)nn1. The van der Waals surface area contributed by atoms with Crippen molar-refractivity contribution in [2.45, 2.75) is 25.2 Å². The molecule has 2 heterocycles. The van der Waals surface area contributed by atoms with Gasteiger partial charge in [-0.15, -0.1) is 5.10 Å². The van der Waals surface area contributed by atoms with Gasteiger partial charge in [0.15, 0.2) is 0 Å². The van der Waals surface area contributed by atoms with E-state index in [2.05, 4.69) is 31.3 Å². The first kappa shape index (κ1) is 17.0. The van der Waals surface area contributed by atoms with Gasteiger partial charge in [0.25, 0.3) is 0 Å². The second-order valence-electron chi connectivity index (χ2n) is 6.60. The summed E-state index contributed by atoms with van der Waals surface area (Å²) in [7, 11) is 3.24. The predicted molar refractivity (Wildman–Crippen MR) is 98.4 cm³/mol. The molecule has 3 aromatic rings. The van der Waals surface area contributed by atoms with Crippen LogP contribution in [0.5, 0.6) is 0 Å². The van der Waals surface area contributed by atoms with Crippen molar-refractivity contribution < 1.29 is 9.53 Å². The van der Waals surface area contributed by atoms with Crippen LogP contribution in [-0.4, -0.2) is 37.9 Å². The number of carbonyl (C=O) groups is 1. The normalized spacial score (nSPS) is 18.8. The van der Waals surface area contributed by atoms with Crippen molar-refractivity contribution in [3.05, 3.63) is 57.6 Å². The first-order chi connectivity index (χ1) is 12.5. The summed E-state index contributed by atoms with van der Waals surface area (Å²) >= 11 is 3.53. The van der Waals surface area contributed by atoms with E-state index >= 15 is 0 Å². The van der Waals surface area contributed by atoms with Crippen molar-refractivity contribution in [1.82, 2.24) is 24.8 Å². The van der Waals surface area contributed by atoms with Crippen LogP contribution < -0.4 is 0 Å². The minimum absolute atomic E-state index is 0.155. The Bertz CT molecular complexity index is 973. The van der Waals surface area contributed by atoms with E-state index in [0.717, 1.165) is 33.5 Å². The Balaban J connectivity index is 1.79. The molecule has 0 amide bonds. The molecule has 2 unspecified atom stereocenters. The summed E-state index contributed by atoms with van der Waals surface area (Å²) < 4.78 is 9.46. The number of ether oxygens (including phenoxy) is 1. The summed E-state index contributed by atoms with van der Waals surface area (Å²) in [5.74, 6) is 0.0150. The van der Waals surface area contributed by atoms with Gasteiger partial charge in [0.2, 0.25) is 0 Å². The molecule has 1 fully saturated rings. The number of benzene rings is 1. The van der Waals surface area contributed by atoms with E-state index in [0.29, 0.717) is 5.56 Å². The zero-order chi connectivity index (χ0) is 18.4. The van der Waals surface area contributed by atoms with Crippen LogP contribution in [0.1, 0.15) is 45.6 Å². The molecule has 1 aliphatic carbocycles. The molecule has 1 aromatic carbocycles. The quantitative estimate of drug-likeness (QED) is 0.611. The number of aryl methyl sites for hydroxylation is 2. The molecular formula is C18H18BrN5O2. The van der Waals surface area contributed by atoms with E-state index in [1.54, 1.807) is 10.9 Å². The molecule has 2 aromatic heterocycles. The van der Waals surface area contributed by atoms with E-state index in [9.17, 15) is 4.79 Å². The topological polar surface area (TPSA) is 74.8 Å². The minimum Gasteiger partial charge on any atom is -0.465 e. The zero-order valence-electron chi connectivity index (χ0n) is 14.7. The van der Waals surface area contributed by atoms with Gasteiger partial charge in [0.05, 0.1) is 30.4 Å². The molecule has 0 aliphatic heterocycles. The molecule has 0 N–H and O–H groups in total. The second-order valence-corrected chi connectivity index (χ2v) is 7.52. The highest BCUT2D eigenvalue weighted by Gasteiger charge is 2.46. The van der Waals surface area contributed by atoms with Crippen LogP contribution >= 0.6 is 15.9 Å². The molecule has 4 rings (SSSR count). The number of carbonyl (C=O) groups excluding carboxylic acids is 1. The molecule has 1 aliphatic rings. The molecule has 0 saturated heterocycles. The van der Waals surface area contributed by atoms with Crippen LogP contribution in [-0.2, 0) is 11.8 Å². The van der Waals surface area contributed by atoms with Crippen molar-refractivity contribution in [2.24, 2.45) is 7.05 Å². The second kappa shape index (κ2) is 6.35. The van der Waals surface area contributed by atoms with Gasteiger partial charge in [-0.2, -0.15) is 5.10 Å². The third-order valence-corrected chi connectivity index (χ3v) is 5.08. The number of aromatic nitrogens is 5. The monoisotopic (exact) mass is 415 g/mol. The van der Waals surface area contributed by atoms with Crippen LogP contribution in [0, 0.1) is 6.92 Å². The Labute approximate surface area is 159 Å². The molecule has 0 bridgehead atoms. The first-order valence-corrected chi connectivity index (χ1v) is 9.07. The van der Waals surface area contributed by atoms with Crippen molar-refractivity contribution in [3.8, 4) is 5.69 Å². The Hall–Kier alpha value is -2.48. The number of hydrogen-bond donors (Lipinski definition) is 0. The highest BCUT2D eigenvalue weighted by molar-refractivity contribution is 9.10. The fourth-order valence-corrected chi connectivity index (χ4v) is 3.98. The number of hydrogen-bond acceptors (Lipinski definition) is 5. The van der Waals surface area contributed by atoms with Crippen LogP contribution in [0.3, 0.4) is 0 Å². The predicted octanol–water partition coefficient (Wildman–Crippen LogP) is 3.13. The summed E-state index contributed by atoms with van der Waals surface area (Å²) in [6.45, 7) is 2.03. The van der Waals surface area contributed by atoms with Crippen molar-refractivity contribution >= 4 is 21.9 Å². The van der Waals surface area contributed by atoms with Crippen molar-refractivity contribution in [1.29, 1.82) is 0 Å². The molecule has 0 radical (unpaired) electrons. The van der Waals surface area contributed by atoms with E-state index in [1.165, 1.54) is 7.11 Å². The van der Waals surface area contributed by atoms with Gasteiger partial charge in [-0.05, 0) is 37.1 Å². The number of esters is 1. The van der Waals surface area contributed by atoms with Crippen LogP contribution in [0.2, 0.25) is 0 Å². The Morgan fingerprint density at radius 3 is 2.77 bits per heavy atom. The lowest BCUT2D eigenvalue weighted by molar-refractivity contribution is 0.0599. The van der Waals surface area contributed by atoms with Crippen molar-refractivity contribution in [2.75, 3.05) is 7.11 Å². The number of methoxy groups -OCH3 is 1. The average molecular weight is 416 g/mol. The molecule has 26 heavy (non-hydrogen) atoms. The molecular weight excluding hydrogens is 398 g/mol. The fourth-order valence-electron chi connectivity index (χ4n) is 3.39. The summed E-state index contributed by atoms with van der Waals surface area (Å²) in [6, 6.07) is 6.07. The molecule has 7 nitrogen and oxygen atoms in total. The van der Waals surface area contributed by atoms with Gasteiger partial charge in [0.1, 0.15) is 5.56 Å². The lowest BCUT2D eigenvalue weighted by Gasteiger charge is -2.10. The smallest absolute Gasteiger partial charge is 0.341 e. The van der Waals surface area contributed by atoms with E-state index in [4.69, 9.17) is 4.74 Å². The number of halogens is 1. The molecule has 0 spiro atoms. The van der Waals surface area contributed by atoms with Crippen LogP contribution in [0.15, 0.2) is 35.1 Å². The standard InChI is InChI=1S/C18H18BrN5O2/c1-10-4-11(19)6-12(5-10)24-17(15(8-20-24)18(25)26-3)14-7-13(14)16-9-23(2)22-21-16/h4-6,8-9,13-14H,7H2,1-3H3. The Morgan fingerprint density at radius 1 is 1.31 bits per heavy atom. The summed E-state index contributed by atoms with van der Waals surface area (Å²) in [6.07, 6.45) is 4.41. The Morgan fingerprint density at radius 2 is 2.12 bits per heavy atom. The fraction of sp³-hybridized carbons (Fsp3) is 0.333. The minimum atomic E-state index is -0.372. The molecule has 8 heteroatoms.